The molecule has 2 rings (SSSR count). The van der Waals surface area contributed by atoms with Crippen molar-refractivity contribution >= 4 is 0 Å². The maximum Gasteiger partial charge on any atom is -0.000812 e. The topological polar surface area (TPSA) is 12.0 Å². The molecule has 1 N–H and O–H groups in total. The zero-order valence-electron chi connectivity index (χ0n) is 11.6. The predicted molar refractivity (Wildman–Crippen MR) is 74.2 cm³/mol. The number of benzene rings is 1. The highest BCUT2D eigenvalue weighted by Crippen LogP contribution is 2.14. The van der Waals surface area contributed by atoms with Crippen molar-refractivity contribution in [3.05, 3.63) is 34.9 Å². The van der Waals surface area contributed by atoms with Gasteiger partial charge in [0.25, 0.3) is 0 Å². The third kappa shape index (κ3) is 4.80. The van der Waals surface area contributed by atoms with E-state index in [1.165, 1.54) is 24.0 Å². The molecule has 0 unspecified atom stereocenters. The Kier molecular flexibility index (Phi) is 8.93. The quantitative estimate of drug-likeness (QED) is 0.704. The Labute approximate surface area is 101 Å². The van der Waals surface area contributed by atoms with Crippen molar-refractivity contribution in [3.8, 4) is 0 Å². The Morgan fingerprint density at radius 1 is 0.875 bits per heavy atom. The molecule has 0 saturated heterocycles. The second-order valence-corrected chi connectivity index (χ2v) is 3.52. The van der Waals surface area contributed by atoms with Gasteiger partial charge in [-0.05, 0) is 44.0 Å². The number of aryl methyl sites for hydroxylation is 1. The molecule has 0 atom stereocenters. The first-order valence-corrected chi connectivity index (χ1v) is 6.65. The number of hydrogen-bond donors (Lipinski definition) is 1. The molecule has 1 aromatic rings. The summed E-state index contributed by atoms with van der Waals surface area (Å²) in [5.74, 6) is 0. The van der Waals surface area contributed by atoms with Crippen LogP contribution in [0.3, 0.4) is 0 Å². The molecule has 16 heavy (non-hydrogen) atoms. The molecule has 0 amide bonds. The van der Waals surface area contributed by atoms with Crippen molar-refractivity contribution in [1.82, 2.24) is 5.32 Å². The van der Waals surface area contributed by atoms with Gasteiger partial charge in [0.05, 0.1) is 0 Å². The minimum atomic E-state index is 1.13. The molecular weight excluding hydrogens is 194 g/mol. The highest BCUT2D eigenvalue weighted by atomic mass is 14.8. The minimum absolute atomic E-state index is 1.13. The summed E-state index contributed by atoms with van der Waals surface area (Å²) in [5, 5.41) is 3.41. The van der Waals surface area contributed by atoms with E-state index in [1.807, 2.05) is 27.7 Å². The van der Waals surface area contributed by atoms with Gasteiger partial charge in [0.1, 0.15) is 0 Å². The predicted octanol–water partition coefficient (Wildman–Crippen LogP) is 3.74. The van der Waals surface area contributed by atoms with Gasteiger partial charge in [-0.2, -0.15) is 0 Å². The minimum Gasteiger partial charge on any atom is -0.316 e. The lowest BCUT2D eigenvalue weighted by atomic mass is 10.0. The molecule has 0 aliphatic carbocycles. The smallest absolute Gasteiger partial charge is 0.000812 e. The lowest BCUT2D eigenvalue weighted by Gasteiger charge is -2.04. The average molecular weight is 221 g/mol. The molecule has 1 heteroatoms. The average Bonchev–Trinajstić information content (AvgIpc) is 2.59. The monoisotopic (exact) mass is 221 g/mol. The molecule has 1 aromatic carbocycles. The largest absolute Gasteiger partial charge is 0.316 e. The van der Waals surface area contributed by atoms with Crippen LogP contribution in [0.25, 0.3) is 0 Å². The molecule has 0 fully saturated rings. The van der Waals surface area contributed by atoms with Gasteiger partial charge in [0.2, 0.25) is 0 Å². The third-order valence-corrected chi connectivity index (χ3v) is 2.50. The second-order valence-electron chi connectivity index (χ2n) is 3.52. The summed E-state index contributed by atoms with van der Waals surface area (Å²) in [5.41, 5.74) is 4.46. The molecule has 1 heterocycles. The van der Waals surface area contributed by atoms with Crippen LogP contribution < -0.4 is 5.32 Å². The van der Waals surface area contributed by atoms with E-state index in [0.717, 1.165) is 13.1 Å². The summed E-state index contributed by atoms with van der Waals surface area (Å²) in [4.78, 5) is 0. The van der Waals surface area contributed by atoms with Crippen LogP contribution in [-0.2, 0) is 12.8 Å². The first-order valence-electron chi connectivity index (χ1n) is 6.65. The summed E-state index contributed by atoms with van der Waals surface area (Å²) in [7, 11) is 0. The van der Waals surface area contributed by atoms with E-state index >= 15 is 0 Å². The van der Waals surface area contributed by atoms with Crippen LogP contribution in [0.5, 0.6) is 0 Å². The van der Waals surface area contributed by atoms with Gasteiger partial charge in [-0.3, -0.25) is 0 Å². The standard InChI is InChI=1S/C11H15N.2C2H6/c1-9-2-3-10-4-6-12-7-5-11(10)8-9;2*1-2/h2-3,8,12H,4-7H2,1H3;2*1-2H3. The van der Waals surface area contributed by atoms with Crippen LogP contribution in [0.15, 0.2) is 18.2 Å². The van der Waals surface area contributed by atoms with E-state index in [1.54, 1.807) is 5.56 Å². The van der Waals surface area contributed by atoms with Crippen LogP contribution in [-0.4, -0.2) is 13.1 Å². The Morgan fingerprint density at radius 3 is 2.06 bits per heavy atom. The Balaban J connectivity index is 0.000000509. The number of rotatable bonds is 0. The van der Waals surface area contributed by atoms with E-state index in [4.69, 9.17) is 0 Å². The Morgan fingerprint density at radius 2 is 1.44 bits per heavy atom. The van der Waals surface area contributed by atoms with Crippen molar-refractivity contribution in [2.75, 3.05) is 13.1 Å². The van der Waals surface area contributed by atoms with Crippen molar-refractivity contribution in [2.24, 2.45) is 0 Å². The summed E-state index contributed by atoms with van der Waals surface area (Å²) >= 11 is 0. The van der Waals surface area contributed by atoms with E-state index in [0.29, 0.717) is 0 Å². The second kappa shape index (κ2) is 9.41. The van der Waals surface area contributed by atoms with Gasteiger partial charge >= 0.3 is 0 Å². The van der Waals surface area contributed by atoms with Crippen LogP contribution >= 0.6 is 0 Å². The lowest BCUT2D eigenvalue weighted by molar-refractivity contribution is 0.711. The SMILES string of the molecule is CC.CC.Cc1ccc2c(c1)CCNCC2. The number of nitrogens with one attached hydrogen (secondary N) is 1. The third-order valence-electron chi connectivity index (χ3n) is 2.50. The summed E-state index contributed by atoms with van der Waals surface area (Å²) < 4.78 is 0. The molecule has 1 aliphatic heterocycles. The first kappa shape index (κ1) is 15.2. The molecule has 0 radical (unpaired) electrons. The summed E-state index contributed by atoms with van der Waals surface area (Å²) in [6, 6.07) is 6.81. The van der Waals surface area contributed by atoms with Crippen molar-refractivity contribution < 1.29 is 0 Å². The van der Waals surface area contributed by atoms with Crippen LogP contribution in [0, 0.1) is 6.92 Å². The molecular formula is C15H27N. The van der Waals surface area contributed by atoms with Gasteiger partial charge < -0.3 is 5.32 Å². The van der Waals surface area contributed by atoms with Crippen molar-refractivity contribution in [1.29, 1.82) is 0 Å². The zero-order chi connectivity index (χ0) is 12.4. The summed E-state index contributed by atoms with van der Waals surface area (Å²) in [6.07, 6.45) is 2.38. The Bertz CT molecular complexity index is 279. The molecule has 0 bridgehead atoms. The molecule has 0 aromatic heterocycles. The maximum absolute atomic E-state index is 3.41. The highest BCUT2D eigenvalue weighted by Gasteiger charge is 2.05. The fraction of sp³-hybridized carbons (Fsp3) is 0.600. The van der Waals surface area contributed by atoms with Gasteiger partial charge in [0, 0.05) is 0 Å². The van der Waals surface area contributed by atoms with Crippen molar-refractivity contribution in [2.45, 2.75) is 47.5 Å². The van der Waals surface area contributed by atoms with E-state index in [2.05, 4.69) is 30.4 Å². The van der Waals surface area contributed by atoms with Crippen LogP contribution in [0.4, 0.5) is 0 Å². The molecule has 1 aliphatic rings. The fourth-order valence-electron chi connectivity index (χ4n) is 1.80. The van der Waals surface area contributed by atoms with Crippen LogP contribution in [0.1, 0.15) is 44.4 Å². The van der Waals surface area contributed by atoms with E-state index in [-0.39, 0.29) is 0 Å². The van der Waals surface area contributed by atoms with Gasteiger partial charge in [-0.25, -0.2) is 0 Å². The normalized spacial score (nSPS) is 13.3. The van der Waals surface area contributed by atoms with Crippen LogP contribution in [0.2, 0.25) is 0 Å². The zero-order valence-corrected chi connectivity index (χ0v) is 11.6. The van der Waals surface area contributed by atoms with Crippen molar-refractivity contribution in [3.63, 3.8) is 0 Å². The first-order chi connectivity index (χ1) is 7.86. The summed E-state index contributed by atoms with van der Waals surface area (Å²) in [6.45, 7) is 12.4. The molecule has 0 saturated carbocycles. The van der Waals surface area contributed by atoms with E-state index in [9.17, 15) is 0 Å². The van der Waals surface area contributed by atoms with Gasteiger partial charge in [0.15, 0.2) is 0 Å². The van der Waals surface area contributed by atoms with Gasteiger partial charge in [-0.1, -0.05) is 51.5 Å². The molecule has 1 nitrogen and oxygen atoms in total. The van der Waals surface area contributed by atoms with E-state index < -0.39 is 0 Å². The highest BCUT2D eigenvalue weighted by molar-refractivity contribution is 5.32. The number of hydrogen-bond acceptors (Lipinski definition) is 1. The fourth-order valence-corrected chi connectivity index (χ4v) is 1.80. The Hall–Kier alpha value is -0.820. The molecule has 92 valence electrons. The maximum atomic E-state index is 3.41. The lowest BCUT2D eigenvalue weighted by Crippen LogP contribution is -2.16. The number of fused-ring (bicyclic) bond motifs is 1. The van der Waals surface area contributed by atoms with Gasteiger partial charge in [-0.15, -0.1) is 0 Å². The molecule has 0 spiro atoms.